The van der Waals surface area contributed by atoms with Crippen molar-refractivity contribution in [2.45, 2.75) is 0 Å². The lowest BCUT2D eigenvalue weighted by Gasteiger charge is -1.74. The Bertz CT molecular complexity index is 221. The molecule has 10 heavy (non-hydrogen) atoms. The van der Waals surface area contributed by atoms with Gasteiger partial charge in [-0.25, -0.2) is 0 Å². The summed E-state index contributed by atoms with van der Waals surface area (Å²) < 4.78 is 4.60. The molecule has 0 bridgehead atoms. The third-order valence-corrected chi connectivity index (χ3v) is 0.972. The lowest BCUT2D eigenvalue weighted by molar-refractivity contribution is 0.418. The van der Waals surface area contributed by atoms with E-state index >= 15 is 0 Å². The summed E-state index contributed by atoms with van der Waals surface area (Å²) in [5, 5.41) is 3.67. The molecule has 0 aliphatic heterocycles. The fourth-order valence-corrected chi connectivity index (χ4v) is 0.541. The van der Waals surface area contributed by atoms with Gasteiger partial charge in [-0.15, -0.1) is 0 Å². The van der Waals surface area contributed by atoms with E-state index < -0.39 is 0 Å². The zero-order chi connectivity index (χ0) is 7.23. The van der Waals surface area contributed by atoms with Crippen LogP contribution in [0.5, 0.6) is 0 Å². The Morgan fingerprint density at radius 3 is 3.00 bits per heavy atom. The molecule has 2 heteroatoms. The Morgan fingerprint density at radius 2 is 2.40 bits per heavy atom. The highest BCUT2D eigenvalue weighted by molar-refractivity contribution is 5.45. The molecule has 0 aliphatic rings. The van der Waals surface area contributed by atoms with Gasteiger partial charge in [0.05, 0.1) is 0 Å². The molecule has 0 amide bonds. The van der Waals surface area contributed by atoms with E-state index in [1.165, 1.54) is 6.26 Å². The highest BCUT2D eigenvalue weighted by atomic mass is 16.5. The minimum Gasteiger partial charge on any atom is -0.364 e. The van der Waals surface area contributed by atoms with Gasteiger partial charge < -0.3 is 4.52 Å². The standard InChI is InChI=1S/C8H8NO/c1-2-3-4-5-8-6-7-10-9-8/h2-7H,1H2/b3-2+,5-4+. The monoisotopic (exact) mass is 134 g/mol. The summed E-state index contributed by atoms with van der Waals surface area (Å²) in [6, 6.07) is 1.79. The first kappa shape index (κ1) is 6.81. The van der Waals surface area contributed by atoms with Gasteiger partial charge in [0.1, 0.15) is 12.0 Å². The van der Waals surface area contributed by atoms with Crippen LogP contribution in [-0.2, 0) is 0 Å². The molecule has 0 aliphatic carbocycles. The summed E-state index contributed by atoms with van der Waals surface area (Å²) in [4.78, 5) is 0. The minimum absolute atomic E-state index is 0.818. The van der Waals surface area contributed by atoms with Crippen molar-refractivity contribution in [2.24, 2.45) is 0 Å². The van der Waals surface area contributed by atoms with E-state index in [0.29, 0.717) is 0 Å². The molecule has 1 heterocycles. The predicted molar refractivity (Wildman–Crippen MR) is 40.0 cm³/mol. The van der Waals surface area contributed by atoms with Crippen molar-refractivity contribution >= 4 is 6.08 Å². The van der Waals surface area contributed by atoms with Gasteiger partial charge in [0.2, 0.25) is 0 Å². The van der Waals surface area contributed by atoms with Crippen LogP contribution in [0.2, 0.25) is 0 Å². The maximum Gasteiger partial charge on any atom is 0.124 e. The molecule has 0 spiro atoms. The zero-order valence-corrected chi connectivity index (χ0v) is 5.53. The number of allylic oxidation sites excluding steroid dienone is 3. The maximum atomic E-state index is 4.60. The van der Waals surface area contributed by atoms with Crippen molar-refractivity contribution in [3.8, 4) is 0 Å². The number of hydrogen-bond donors (Lipinski definition) is 0. The summed E-state index contributed by atoms with van der Waals surface area (Å²) in [6.07, 6.45) is 8.76. The van der Waals surface area contributed by atoms with Gasteiger partial charge in [-0.05, 0) is 13.0 Å². The SMILES string of the molecule is [CH2]/C=C/C=C/c1ccon1. The molecule has 0 aromatic carbocycles. The van der Waals surface area contributed by atoms with E-state index in [9.17, 15) is 0 Å². The van der Waals surface area contributed by atoms with Crippen LogP contribution in [0.3, 0.4) is 0 Å². The van der Waals surface area contributed by atoms with Crippen LogP contribution in [-0.4, -0.2) is 5.16 Å². The fourth-order valence-electron chi connectivity index (χ4n) is 0.541. The zero-order valence-electron chi connectivity index (χ0n) is 5.53. The van der Waals surface area contributed by atoms with E-state index in [0.717, 1.165) is 5.69 Å². The van der Waals surface area contributed by atoms with E-state index in [1.807, 2.05) is 18.2 Å². The Labute approximate surface area is 59.8 Å². The molecule has 0 fully saturated rings. The largest absolute Gasteiger partial charge is 0.364 e. The second-order valence-corrected chi connectivity index (χ2v) is 1.71. The van der Waals surface area contributed by atoms with Crippen LogP contribution in [0, 0.1) is 6.92 Å². The maximum absolute atomic E-state index is 4.60. The van der Waals surface area contributed by atoms with Crippen molar-refractivity contribution in [3.63, 3.8) is 0 Å². The number of nitrogens with zero attached hydrogens (tertiary/aromatic N) is 1. The lowest BCUT2D eigenvalue weighted by atomic mass is 10.4. The van der Waals surface area contributed by atoms with Crippen LogP contribution < -0.4 is 0 Å². The second-order valence-electron chi connectivity index (χ2n) is 1.71. The van der Waals surface area contributed by atoms with Gasteiger partial charge in [0.15, 0.2) is 0 Å². The van der Waals surface area contributed by atoms with Gasteiger partial charge in [-0.2, -0.15) is 0 Å². The first-order valence-corrected chi connectivity index (χ1v) is 2.96. The van der Waals surface area contributed by atoms with Gasteiger partial charge in [0.25, 0.3) is 0 Å². The Kier molecular flexibility index (Phi) is 2.49. The molecule has 0 atom stereocenters. The molecule has 0 N–H and O–H groups in total. The van der Waals surface area contributed by atoms with Gasteiger partial charge in [-0.3, -0.25) is 0 Å². The third kappa shape index (κ3) is 1.90. The summed E-state index contributed by atoms with van der Waals surface area (Å²) in [6.45, 7) is 3.53. The van der Waals surface area contributed by atoms with Crippen LogP contribution in [0.25, 0.3) is 6.08 Å². The van der Waals surface area contributed by atoms with Crippen LogP contribution in [0.4, 0.5) is 0 Å². The highest BCUT2D eigenvalue weighted by Gasteiger charge is 1.84. The Hall–Kier alpha value is -1.31. The summed E-state index contributed by atoms with van der Waals surface area (Å²) in [7, 11) is 0. The molecule has 2 nitrogen and oxygen atoms in total. The molecule has 1 radical (unpaired) electrons. The number of rotatable bonds is 2. The molecule has 1 aromatic rings. The second kappa shape index (κ2) is 3.67. The minimum atomic E-state index is 0.818. The highest BCUT2D eigenvalue weighted by Crippen LogP contribution is 1.96. The molecule has 0 unspecified atom stereocenters. The predicted octanol–water partition coefficient (Wildman–Crippen LogP) is 2.08. The summed E-state index contributed by atoms with van der Waals surface area (Å²) in [5.41, 5.74) is 0.818. The Morgan fingerprint density at radius 1 is 1.50 bits per heavy atom. The fraction of sp³-hybridized carbons (Fsp3) is 0. The van der Waals surface area contributed by atoms with E-state index in [2.05, 4.69) is 16.6 Å². The van der Waals surface area contributed by atoms with Gasteiger partial charge in [-0.1, -0.05) is 23.4 Å². The Balaban J connectivity index is 2.55. The average molecular weight is 134 g/mol. The quantitative estimate of drug-likeness (QED) is 0.579. The number of hydrogen-bond acceptors (Lipinski definition) is 2. The van der Waals surface area contributed by atoms with Crippen molar-refractivity contribution in [1.82, 2.24) is 5.16 Å². The van der Waals surface area contributed by atoms with Crippen molar-refractivity contribution in [1.29, 1.82) is 0 Å². The smallest absolute Gasteiger partial charge is 0.124 e. The van der Waals surface area contributed by atoms with Crippen molar-refractivity contribution < 1.29 is 4.52 Å². The normalized spacial score (nSPS) is 11.7. The lowest BCUT2D eigenvalue weighted by Crippen LogP contribution is -1.64. The van der Waals surface area contributed by atoms with E-state index in [4.69, 9.17) is 0 Å². The van der Waals surface area contributed by atoms with Crippen molar-refractivity contribution in [3.05, 3.63) is 43.2 Å². The van der Waals surface area contributed by atoms with Crippen LogP contribution >= 0.6 is 0 Å². The topological polar surface area (TPSA) is 26.0 Å². The molecule has 51 valence electrons. The summed E-state index contributed by atoms with van der Waals surface area (Å²) in [5.74, 6) is 0. The number of aromatic nitrogens is 1. The third-order valence-electron chi connectivity index (χ3n) is 0.972. The molecule has 0 saturated heterocycles. The molecule has 1 aromatic heterocycles. The van der Waals surface area contributed by atoms with E-state index in [1.54, 1.807) is 12.1 Å². The summed E-state index contributed by atoms with van der Waals surface area (Å²) >= 11 is 0. The van der Waals surface area contributed by atoms with Crippen LogP contribution in [0.1, 0.15) is 5.69 Å². The van der Waals surface area contributed by atoms with Crippen LogP contribution in [0.15, 0.2) is 35.1 Å². The molecule has 1 rings (SSSR count). The first-order chi connectivity index (χ1) is 4.93. The van der Waals surface area contributed by atoms with Gasteiger partial charge in [0, 0.05) is 6.07 Å². The van der Waals surface area contributed by atoms with E-state index in [-0.39, 0.29) is 0 Å². The average Bonchev–Trinajstić information content (AvgIpc) is 2.41. The van der Waals surface area contributed by atoms with Crippen molar-refractivity contribution in [2.75, 3.05) is 0 Å². The first-order valence-electron chi connectivity index (χ1n) is 2.96. The molecular weight excluding hydrogens is 126 g/mol. The molecular formula is C8H8NO. The molecule has 0 saturated carbocycles. The van der Waals surface area contributed by atoms with Gasteiger partial charge >= 0.3 is 0 Å².